The zero-order valence-corrected chi connectivity index (χ0v) is 24.7. The monoisotopic (exact) mass is 556 g/mol. The van der Waals surface area contributed by atoms with E-state index in [1.54, 1.807) is 0 Å². The zero-order valence-electron chi connectivity index (χ0n) is 24.7. The van der Waals surface area contributed by atoms with E-state index in [2.05, 4.69) is 141 Å². The second-order valence-electron chi connectivity index (χ2n) is 11.0. The largest absolute Gasteiger partial charge is 0.233 e. The van der Waals surface area contributed by atoms with Crippen LogP contribution < -0.4 is 0 Å². The summed E-state index contributed by atoms with van der Waals surface area (Å²) in [5.74, 6) is 0.663. The molecule has 0 bridgehead atoms. The van der Waals surface area contributed by atoms with Crippen LogP contribution >= 0.6 is 0 Å². The van der Waals surface area contributed by atoms with Crippen molar-refractivity contribution in [1.82, 2.24) is 0 Å². The summed E-state index contributed by atoms with van der Waals surface area (Å²) in [6.07, 6.45) is 7.15. The molecule has 0 saturated carbocycles. The first-order valence-electron chi connectivity index (χ1n) is 15.1. The molecular weight excluding hydrogens is 520 g/mol. The van der Waals surface area contributed by atoms with Crippen molar-refractivity contribution in [2.24, 2.45) is 9.98 Å². The molecule has 1 aliphatic rings. The van der Waals surface area contributed by atoms with Gasteiger partial charge in [0.05, 0.1) is 5.70 Å². The van der Waals surface area contributed by atoms with E-state index in [9.17, 15) is 0 Å². The first-order chi connectivity index (χ1) is 21.1. The van der Waals surface area contributed by atoms with E-state index in [0.717, 1.165) is 40.8 Å². The van der Waals surface area contributed by atoms with Gasteiger partial charge in [0.1, 0.15) is 0 Å². The van der Waals surface area contributed by atoms with Crippen LogP contribution in [-0.2, 0) is 0 Å². The molecule has 5 aromatic carbocycles. The van der Waals surface area contributed by atoms with Crippen LogP contribution in [0.5, 0.6) is 0 Å². The summed E-state index contributed by atoms with van der Waals surface area (Å²) < 4.78 is 0. The van der Waals surface area contributed by atoms with Crippen LogP contribution in [0.15, 0.2) is 156 Å². The number of amidine groups is 1. The summed E-state index contributed by atoms with van der Waals surface area (Å²) in [7, 11) is 0. The van der Waals surface area contributed by atoms with Gasteiger partial charge in [0.2, 0.25) is 0 Å². The fourth-order valence-electron chi connectivity index (χ4n) is 5.59. The quantitative estimate of drug-likeness (QED) is 0.141. The molecule has 2 nitrogen and oxygen atoms in total. The lowest BCUT2D eigenvalue weighted by molar-refractivity contribution is 0.742. The van der Waals surface area contributed by atoms with Gasteiger partial charge < -0.3 is 0 Å². The van der Waals surface area contributed by atoms with Gasteiger partial charge in [0, 0.05) is 16.8 Å². The molecule has 0 N–H and O–H groups in total. The Bertz CT molecular complexity index is 1820. The van der Waals surface area contributed by atoms with Crippen LogP contribution in [0, 0.1) is 0 Å². The molecule has 5 aromatic rings. The topological polar surface area (TPSA) is 24.7 Å². The van der Waals surface area contributed by atoms with E-state index in [0.29, 0.717) is 11.5 Å². The second kappa shape index (κ2) is 13.3. The highest BCUT2D eigenvalue weighted by atomic mass is 14.9. The molecule has 210 valence electrons. The Morgan fingerprint density at radius 1 is 0.535 bits per heavy atom. The van der Waals surface area contributed by atoms with Gasteiger partial charge in [-0.1, -0.05) is 128 Å². The van der Waals surface area contributed by atoms with E-state index in [-0.39, 0.29) is 0 Å². The van der Waals surface area contributed by atoms with E-state index in [1.807, 2.05) is 12.1 Å². The molecule has 6 rings (SSSR count). The van der Waals surface area contributed by atoms with Crippen molar-refractivity contribution < 1.29 is 0 Å². The smallest absolute Gasteiger partial charge is 0.160 e. The zero-order chi connectivity index (χ0) is 29.4. The van der Waals surface area contributed by atoms with Crippen molar-refractivity contribution in [3.05, 3.63) is 168 Å². The maximum Gasteiger partial charge on any atom is 0.160 e. The number of rotatable bonds is 7. The highest BCUT2D eigenvalue weighted by molar-refractivity contribution is 6.13. The lowest BCUT2D eigenvalue weighted by Crippen LogP contribution is -2.05. The fraction of sp³-hybridized carbons (Fsp3) is 0.122. The summed E-state index contributed by atoms with van der Waals surface area (Å²) in [6, 6.07) is 46.5. The molecule has 0 spiro atoms. The maximum absolute atomic E-state index is 5.17. The van der Waals surface area contributed by atoms with Gasteiger partial charge in [-0.05, 0) is 89.8 Å². The molecule has 1 aliphatic carbocycles. The molecule has 0 fully saturated rings. The van der Waals surface area contributed by atoms with E-state index in [4.69, 9.17) is 9.98 Å². The first-order valence-corrected chi connectivity index (χ1v) is 15.1. The van der Waals surface area contributed by atoms with Crippen molar-refractivity contribution in [2.75, 3.05) is 0 Å². The van der Waals surface area contributed by atoms with Crippen LogP contribution in [0.2, 0.25) is 0 Å². The molecule has 43 heavy (non-hydrogen) atoms. The maximum atomic E-state index is 5.17. The summed E-state index contributed by atoms with van der Waals surface area (Å²) in [5.41, 5.74) is 11.9. The Morgan fingerprint density at radius 3 is 1.70 bits per heavy atom. The van der Waals surface area contributed by atoms with Gasteiger partial charge in [-0.2, -0.15) is 0 Å². The van der Waals surface area contributed by atoms with Crippen molar-refractivity contribution in [3.8, 4) is 22.3 Å². The number of aliphatic imine (C=N–C) groups is 2. The van der Waals surface area contributed by atoms with Crippen LogP contribution in [0.3, 0.4) is 0 Å². The molecule has 0 saturated heterocycles. The predicted octanol–water partition coefficient (Wildman–Crippen LogP) is 10.9. The van der Waals surface area contributed by atoms with Crippen LogP contribution in [-0.4, -0.2) is 11.5 Å². The van der Waals surface area contributed by atoms with Crippen molar-refractivity contribution in [1.29, 1.82) is 0 Å². The van der Waals surface area contributed by atoms with Gasteiger partial charge >= 0.3 is 0 Å². The van der Waals surface area contributed by atoms with Crippen LogP contribution in [0.4, 0.5) is 0 Å². The Labute approximate surface area is 255 Å². The van der Waals surface area contributed by atoms with Crippen molar-refractivity contribution in [3.63, 3.8) is 0 Å². The lowest BCUT2D eigenvalue weighted by atomic mass is 9.92. The highest BCUT2D eigenvalue weighted by Crippen LogP contribution is 2.29. The molecule has 0 amide bonds. The Balaban J connectivity index is 1.40. The van der Waals surface area contributed by atoms with Gasteiger partial charge in [-0.15, -0.1) is 0 Å². The first kappa shape index (κ1) is 28.1. The molecular formula is C41H36N2. The summed E-state index contributed by atoms with van der Waals surface area (Å²) in [6.45, 7) is 6.46. The summed E-state index contributed by atoms with van der Waals surface area (Å²) in [4.78, 5) is 10.3. The molecule has 0 aromatic heterocycles. The highest BCUT2D eigenvalue weighted by Gasteiger charge is 2.12. The average molecular weight is 557 g/mol. The average Bonchev–Trinajstić information content (AvgIpc) is 3.09. The third kappa shape index (κ3) is 6.88. The fourth-order valence-corrected chi connectivity index (χ4v) is 5.59. The normalized spacial score (nSPS) is 13.8. The SMILES string of the molecule is C=C(/N=C(\N=C(/C)c1cccc(-c2ccccc2)c1)c1cccc(C2=CCCCC2)c1)c1cccc(-c2ccccc2)c1. The van der Waals surface area contributed by atoms with Crippen LogP contribution in [0.1, 0.15) is 54.9 Å². The van der Waals surface area contributed by atoms with Gasteiger partial charge in [0.25, 0.3) is 0 Å². The van der Waals surface area contributed by atoms with Crippen LogP contribution in [0.25, 0.3) is 33.5 Å². The van der Waals surface area contributed by atoms with E-state index < -0.39 is 0 Å². The van der Waals surface area contributed by atoms with E-state index >= 15 is 0 Å². The third-order valence-electron chi connectivity index (χ3n) is 7.99. The molecule has 0 aliphatic heterocycles. The molecule has 2 heteroatoms. The number of benzene rings is 5. The standard InChI is InChI=1S/C41H36N2/c1-30(35-21-12-23-37(27-35)32-15-6-3-7-16-32)42-41(40-26-14-25-39(29-40)34-19-10-5-11-20-34)43-31(2)36-22-13-24-38(28-36)33-17-8-4-9-18-33/h3-4,6-9,12-19,21-29H,1,5,10-11,20H2,2H3/b42-41-,43-31+. The lowest BCUT2D eigenvalue weighted by Gasteiger charge is -2.14. The number of allylic oxidation sites excluding steroid dienone is 2. The Hall–Kier alpha value is -5.08. The molecule has 0 heterocycles. The van der Waals surface area contributed by atoms with Crippen molar-refractivity contribution >= 4 is 22.8 Å². The number of hydrogen-bond donors (Lipinski definition) is 0. The Kier molecular flexibility index (Phi) is 8.66. The minimum absolute atomic E-state index is 0.663. The molecule has 0 atom stereocenters. The summed E-state index contributed by atoms with van der Waals surface area (Å²) in [5, 5.41) is 0. The third-order valence-corrected chi connectivity index (χ3v) is 7.99. The van der Waals surface area contributed by atoms with Gasteiger partial charge in [-0.25, -0.2) is 9.98 Å². The summed E-state index contributed by atoms with van der Waals surface area (Å²) >= 11 is 0. The minimum Gasteiger partial charge on any atom is -0.233 e. The van der Waals surface area contributed by atoms with E-state index in [1.165, 1.54) is 40.7 Å². The van der Waals surface area contributed by atoms with Gasteiger partial charge in [-0.3, -0.25) is 0 Å². The predicted molar refractivity (Wildman–Crippen MR) is 184 cm³/mol. The number of nitrogens with zero attached hydrogens (tertiary/aromatic N) is 2. The Morgan fingerprint density at radius 2 is 1.07 bits per heavy atom. The number of hydrogen-bond acceptors (Lipinski definition) is 1. The van der Waals surface area contributed by atoms with Gasteiger partial charge in [0.15, 0.2) is 5.84 Å². The van der Waals surface area contributed by atoms with Crippen molar-refractivity contribution in [2.45, 2.75) is 32.6 Å². The molecule has 0 radical (unpaired) electrons. The minimum atomic E-state index is 0.663. The molecule has 0 unspecified atom stereocenters. The second-order valence-corrected chi connectivity index (χ2v) is 11.0.